The molecule has 0 aliphatic heterocycles. The number of aryl methyl sites for hydroxylation is 2. The van der Waals surface area contributed by atoms with Gasteiger partial charge < -0.3 is 16.8 Å². The predicted molar refractivity (Wildman–Crippen MR) is 54.7 cm³/mol. The molecule has 14 heavy (non-hydrogen) atoms. The van der Waals surface area contributed by atoms with Crippen LogP contribution in [0.1, 0.15) is 12.6 Å². The molecule has 6 heteroatoms. The Balaban J connectivity index is 2.88. The van der Waals surface area contributed by atoms with E-state index < -0.39 is 5.91 Å². The highest BCUT2D eigenvalue weighted by atomic mass is 16.1. The number of aromatic nitrogens is 2. The zero-order valence-corrected chi connectivity index (χ0v) is 8.37. The Morgan fingerprint density at radius 2 is 2.29 bits per heavy atom. The molecule has 0 spiro atoms. The lowest BCUT2D eigenvalue weighted by atomic mass is 10.4. The van der Waals surface area contributed by atoms with Crippen LogP contribution in [-0.2, 0) is 11.3 Å². The van der Waals surface area contributed by atoms with E-state index in [4.69, 9.17) is 11.5 Å². The Hall–Kier alpha value is -1.72. The number of nitrogens with zero attached hydrogens (tertiary/aromatic N) is 2. The lowest BCUT2D eigenvalue weighted by molar-refractivity contribution is -0.116. The summed E-state index contributed by atoms with van der Waals surface area (Å²) in [5, 5.41) is 7.04. The Morgan fingerprint density at radius 3 is 2.79 bits per heavy atom. The van der Waals surface area contributed by atoms with Crippen LogP contribution in [0.4, 0.5) is 11.5 Å². The van der Waals surface area contributed by atoms with E-state index in [1.54, 1.807) is 4.68 Å². The van der Waals surface area contributed by atoms with Crippen LogP contribution in [0.5, 0.6) is 0 Å². The lowest BCUT2D eigenvalue weighted by Gasteiger charge is -2.06. The number of anilines is 2. The van der Waals surface area contributed by atoms with E-state index in [1.807, 2.05) is 13.8 Å². The molecule has 0 saturated heterocycles. The topological polar surface area (TPSA) is 99.0 Å². The van der Waals surface area contributed by atoms with Crippen molar-refractivity contribution in [2.45, 2.75) is 20.4 Å². The van der Waals surface area contributed by atoms with Gasteiger partial charge >= 0.3 is 0 Å². The summed E-state index contributed by atoms with van der Waals surface area (Å²) in [5.41, 5.74) is 12.1. The number of rotatable bonds is 4. The molecule has 1 aromatic rings. The normalized spacial score (nSPS) is 10.1. The van der Waals surface area contributed by atoms with Gasteiger partial charge in [0.15, 0.2) is 0 Å². The third-order valence-corrected chi connectivity index (χ3v) is 1.90. The molecule has 1 aromatic heterocycles. The van der Waals surface area contributed by atoms with Crippen LogP contribution in [0.3, 0.4) is 0 Å². The Labute approximate surface area is 82.3 Å². The monoisotopic (exact) mass is 197 g/mol. The number of nitrogens with two attached hydrogens (primary N) is 2. The Kier molecular flexibility index (Phi) is 2.95. The van der Waals surface area contributed by atoms with Crippen LogP contribution < -0.4 is 16.8 Å². The van der Waals surface area contributed by atoms with Crippen LogP contribution in [0.2, 0.25) is 0 Å². The molecule has 0 radical (unpaired) electrons. The molecule has 78 valence electrons. The summed E-state index contributed by atoms with van der Waals surface area (Å²) >= 11 is 0. The summed E-state index contributed by atoms with van der Waals surface area (Å²) in [6, 6.07) is 0. The highest BCUT2D eigenvalue weighted by Crippen LogP contribution is 2.21. The first-order valence-corrected chi connectivity index (χ1v) is 4.41. The molecule has 0 unspecified atom stereocenters. The van der Waals surface area contributed by atoms with Crippen molar-refractivity contribution >= 4 is 17.4 Å². The predicted octanol–water partition coefficient (Wildman–Crippen LogP) is -0.309. The van der Waals surface area contributed by atoms with Crippen molar-refractivity contribution in [1.29, 1.82) is 0 Å². The molecule has 0 fully saturated rings. The van der Waals surface area contributed by atoms with Gasteiger partial charge in [-0.1, -0.05) is 0 Å². The molecule has 6 nitrogen and oxygen atoms in total. The van der Waals surface area contributed by atoms with Crippen molar-refractivity contribution < 1.29 is 4.79 Å². The van der Waals surface area contributed by atoms with E-state index in [2.05, 4.69) is 10.4 Å². The molecule has 1 rings (SSSR count). The summed E-state index contributed by atoms with van der Waals surface area (Å²) in [6.45, 7) is 4.52. The standard InChI is InChI=1S/C8H15N5O/c1-3-13-8(11-4-6(9)14)7(10)5(2)12-13/h11H,3-4,10H2,1-2H3,(H2,9,14). The van der Waals surface area contributed by atoms with Crippen molar-refractivity contribution in [2.24, 2.45) is 5.73 Å². The van der Waals surface area contributed by atoms with Gasteiger partial charge in [-0.25, -0.2) is 4.68 Å². The Bertz CT molecular complexity index is 344. The highest BCUT2D eigenvalue weighted by Gasteiger charge is 2.10. The molecule has 0 saturated carbocycles. The first-order valence-electron chi connectivity index (χ1n) is 4.41. The third kappa shape index (κ3) is 1.95. The molecule has 0 atom stereocenters. The minimum atomic E-state index is -0.425. The van der Waals surface area contributed by atoms with E-state index in [-0.39, 0.29) is 6.54 Å². The quantitative estimate of drug-likeness (QED) is 0.616. The molecule has 0 bridgehead atoms. The van der Waals surface area contributed by atoms with Crippen LogP contribution in [0, 0.1) is 6.92 Å². The number of primary amides is 1. The fourth-order valence-corrected chi connectivity index (χ4v) is 1.18. The fourth-order valence-electron chi connectivity index (χ4n) is 1.18. The minimum Gasteiger partial charge on any atom is -0.394 e. The molecule has 0 aliphatic carbocycles. The first kappa shape index (κ1) is 10.4. The lowest BCUT2D eigenvalue weighted by Crippen LogP contribution is -2.23. The van der Waals surface area contributed by atoms with Gasteiger partial charge in [-0.05, 0) is 13.8 Å². The van der Waals surface area contributed by atoms with Gasteiger partial charge in [0.1, 0.15) is 5.82 Å². The largest absolute Gasteiger partial charge is 0.394 e. The number of hydrogen-bond acceptors (Lipinski definition) is 4. The van der Waals surface area contributed by atoms with Gasteiger partial charge in [-0.2, -0.15) is 5.10 Å². The third-order valence-electron chi connectivity index (χ3n) is 1.90. The van der Waals surface area contributed by atoms with E-state index in [9.17, 15) is 4.79 Å². The number of carbonyl (C=O) groups is 1. The smallest absolute Gasteiger partial charge is 0.236 e. The van der Waals surface area contributed by atoms with E-state index in [0.29, 0.717) is 18.1 Å². The molecule has 5 N–H and O–H groups in total. The first-order chi connectivity index (χ1) is 6.56. The summed E-state index contributed by atoms with van der Waals surface area (Å²) < 4.78 is 1.70. The maximum atomic E-state index is 10.6. The van der Waals surface area contributed by atoms with Gasteiger partial charge in [-0.15, -0.1) is 0 Å². The SMILES string of the molecule is CCn1nc(C)c(N)c1NCC(N)=O. The molecule has 1 amide bonds. The second-order valence-electron chi connectivity index (χ2n) is 2.98. The van der Waals surface area contributed by atoms with Crippen LogP contribution in [0.25, 0.3) is 0 Å². The van der Waals surface area contributed by atoms with Gasteiger partial charge in [0.2, 0.25) is 5.91 Å². The molecule has 1 heterocycles. The molecular weight excluding hydrogens is 182 g/mol. The van der Waals surface area contributed by atoms with E-state index >= 15 is 0 Å². The average Bonchev–Trinajstić information content (AvgIpc) is 2.40. The van der Waals surface area contributed by atoms with E-state index in [1.165, 1.54) is 0 Å². The summed E-state index contributed by atoms with van der Waals surface area (Å²) in [7, 11) is 0. The van der Waals surface area contributed by atoms with E-state index in [0.717, 1.165) is 5.69 Å². The van der Waals surface area contributed by atoms with Crippen LogP contribution >= 0.6 is 0 Å². The van der Waals surface area contributed by atoms with Gasteiger partial charge in [0.05, 0.1) is 17.9 Å². The van der Waals surface area contributed by atoms with Crippen molar-refractivity contribution in [3.8, 4) is 0 Å². The van der Waals surface area contributed by atoms with Crippen LogP contribution in [0.15, 0.2) is 0 Å². The summed E-state index contributed by atoms with van der Waals surface area (Å²) in [5.74, 6) is 0.231. The van der Waals surface area contributed by atoms with Gasteiger partial charge in [0, 0.05) is 6.54 Å². The van der Waals surface area contributed by atoms with Crippen molar-refractivity contribution in [2.75, 3.05) is 17.6 Å². The Morgan fingerprint density at radius 1 is 1.64 bits per heavy atom. The zero-order valence-electron chi connectivity index (χ0n) is 8.37. The van der Waals surface area contributed by atoms with Crippen LogP contribution in [-0.4, -0.2) is 22.2 Å². The maximum Gasteiger partial charge on any atom is 0.236 e. The van der Waals surface area contributed by atoms with Gasteiger partial charge in [0.25, 0.3) is 0 Å². The van der Waals surface area contributed by atoms with Gasteiger partial charge in [-0.3, -0.25) is 4.79 Å². The number of carbonyl (C=O) groups excluding carboxylic acids is 1. The molecule has 0 aliphatic rings. The second kappa shape index (κ2) is 3.99. The maximum absolute atomic E-state index is 10.6. The fraction of sp³-hybridized carbons (Fsp3) is 0.500. The summed E-state index contributed by atoms with van der Waals surface area (Å²) in [6.07, 6.45) is 0. The molecule has 0 aromatic carbocycles. The number of amides is 1. The average molecular weight is 197 g/mol. The number of nitrogen functional groups attached to an aromatic ring is 1. The number of nitrogens with one attached hydrogen (secondary N) is 1. The second-order valence-corrected chi connectivity index (χ2v) is 2.98. The highest BCUT2D eigenvalue weighted by molar-refractivity contribution is 5.80. The van der Waals surface area contributed by atoms with Crippen molar-refractivity contribution in [3.63, 3.8) is 0 Å². The summed E-state index contributed by atoms with van der Waals surface area (Å²) in [4.78, 5) is 10.6. The number of hydrogen-bond donors (Lipinski definition) is 3. The minimum absolute atomic E-state index is 0.0648. The van der Waals surface area contributed by atoms with Crippen molar-refractivity contribution in [1.82, 2.24) is 9.78 Å². The zero-order chi connectivity index (χ0) is 10.7. The molecular formula is C8H15N5O. The van der Waals surface area contributed by atoms with Crippen molar-refractivity contribution in [3.05, 3.63) is 5.69 Å².